The normalized spacial score (nSPS) is 26.2. The van der Waals surface area contributed by atoms with Crippen LogP contribution in [0, 0.1) is 11.8 Å². The molecule has 20 heavy (non-hydrogen) atoms. The first-order valence-corrected chi connectivity index (χ1v) is 7.71. The van der Waals surface area contributed by atoms with Crippen molar-refractivity contribution in [3.8, 4) is 11.5 Å². The lowest BCUT2D eigenvalue weighted by molar-refractivity contribution is 0.197. The summed E-state index contributed by atoms with van der Waals surface area (Å²) < 4.78 is 10.9. The molecule has 1 aromatic rings. The Morgan fingerprint density at radius 3 is 2.50 bits per heavy atom. The molecule has 0 spiro atoms. The molecule has 1 N–H and O–H groups in total. The monoisotopic (exact) mass is 277 g/mol. The highest BCUT2D eigenvalue weighted by Crippen LogP contribution is 2.29. The van der Waals surface area contributed by atoms with Gasteiger partial charge in [-0.25, -0.2) is 0 Å². The molecule has 0 heterocycles. The van der Waals surface area contributed by atoms with Crippen LogP contribution in [0.2, 0.25) is 0 Å². The molecule has 3 heteroatoms. The van der Waals surface area contributed by atoms with E-state index in [1.807, 2.05) is 24.3 Å². The van der Waals surface area contributed by atoms with Crippen LogP contribution in [0.4, 0.5) is 0 Å². The summed E-state index contributed by atoms with van der Waals surface area (Å²) in [5.74, 6) is 3.37. The van der Waals surface area contributed by atoms with Crippen molar-refractivity contribution < 1.29 is 9.47 Å². The number of methoxy groups -OCH3 is 1. The third-order valence-corrected chi connectivity index (χ3v) is 4.54. The highest BCUT2D eigenvalue weighted by molar-refractivity contribution is 5.31. The van der Waals surface area contributed by atoms with Crippen LogP contribution in [-0.2, 0) is 0 Å². The fraction of sp³-hybridized carbons (Fsp3) is 0.647. The summed E-state index contributed by atoms with van der Waals surface area (Å²) >= 11 is 0. The molecular weight excluding hydrogens is 250 g/mol. The third kappa shape index (κ3) is 4.14. The molecule has 1 aromatic carbocycles. The minimum atomic E-state index is 0.651. The van der Waals surface area contributed by atoms with E-state index in [1.54, 1.807) is 7.11 Å². The lowest BCUT2D eigenvalue weighted by Crippen LogP contribution is -2.42. The molecule has 3 nitrogen and oxygen atoms in total. The van der Waals surface area contributed by atoms with Gasteiger partial charge in [-0.3, -0.25) is 0 Å². The van der Waals surface area contributed by atoms with E-state index in [9.17, 15) is 0 Å². The second-order valence-corrected chi connectivity index (χ2v) is 5.85. The second kappa shape index (κ2) is 7.53. The Morgan fingerprint density at radius 2 is 1.80 bits per heavy atom. The van der Waals surface area contributed by atoms with E-state index in [0.717, 1.165) is 29.9 Å². The molecule has 1 saturated carbocycles. The molecule has 1 aliphatic rings. The number of benzene rings is 1. The highest BCUT2D eigenvalue weighted by Gasteiger charge is 2.26. The Balaban J connectivity index is 1.68. The number of hydrogen-bond donors (Lipinski definition) is 1. The fourth-order valence-electron chi connectivity index (χ4n) is 2.96. The van der Waals surface area contributed by atoms with E-state index >= 15 is 0 Å². The van der Waals surface area contributed by atoms with Gasteiger partial charge in [-0.15, -0.1) is 0 Å². The van der Waals surface area contributed by atoms with E-state index in [0.29, 0.717) is 12.6 Å². The smallest absolute Gasteiger partial charge is 0.119 e. The SMILES string of the molecule is COc1ccc(OCCN[C@H]2CCC[C@@H](C)[C@H]2C)cc1. The molecule has 1 aliphatic carbocycles. The van der Waals surface area contributed by atoms with Gasteiger partial charge in [0.05, 0.1) is 7.11 Å². The Morgan fingerprint density at radius 1 is 1.10 bits per heavy atom. The first-order chi connectivity index (χ1) is 9.70. The third-order valence-electron chi connectivity index (χ3n) is 4.54. The maximum absolute atomic E-state index is 5.74. The predicted molar refractivity (Wildman–Crippen MR) is 82.5 cm³/mol. The Bertz CT molecular complexity index is 390. The summed E-state index contributed by atoms with van der Waals surface area (Å²) in [5, 5.41) is 3.64. The number of ether oxygens (including phenoxy) is 2. The largest absolute Gasteiger partial charge is 0.497 e. The Hall–Kier alpha value is -1.22. The van der Waals surface area contributed by atoms with Crippen molar-refractivity contribution in [3.63, 3.8) is 0 Å². The molecule has 3 atom stereocenters. The zero-order valence-electron chi connectivity index (χ0n) is 12.9. The topological polar surface area (TPSA) is 30.5 Å². The average Bonchev–Trinajstić information content (AvgIpc) is 2.48. The van der Waals surface area contributed by atoms with Crippen LogP contribution in [0.1, 0.15) is 33.1 Å². The molecule has 2 rings (SSSR count). The number of nitrogens with one attached hydrogen (secondary N) is 1. The molecule has 0 saturated heterocycles. The van der Waals surface area contributed by atoms with Gasteiger partial charge in [0.15, 0.2) is 0 Å². The molecule has 0 aliphatic heterocycles. The Kier molecular flexibility index (Phi) is 5.72. The van der Waals surface area contributed by atoms with Gasteiger partial charge < -0.3 is 14.8 Å². The summed E-state index contributed by atoms with van der Waals surface area (Å²) in [6.07, 6.45) is 4.03. The average molecular weight is 277 g/mol. The molecule has 1 fully saturated rings. The van der Waals surface area contributed by atoms with Crippen molar-refractivity contribution in [2.75, 3.05) is 20.3 Å². The van der Waals surface area contributed by atoms with Crippen molar-refractivity contribution in [2.24, 2.45) is 11.8 Å². The van der Waals surface area contributed by atoms with Crippen molar-refractivity contribution in [1.29, 1.82) is 0 Å². The zero-order valence-corrected chi connectivity index (χ0v) is 12.9. The van der Waals surface area contributed by atoms with Crippen LogP contribution in [0.3, 0.4) is 0 Å². The highest BCUT2D eigenvalue weighted by atomic mass is 16.5. The first-order valence-electron chi connectivity index (χ1n) is 7.71. The van der Waals surface area contributed by atoms with E-state index in [4.69, 9.17) is 9.47 Å². The lowest BCUT2D eigenvalue weighted by atomic mass is 9.78. The summed E-state index contributed by atoms with van der Waals surface area (Å²) in [5.41, 5.74) is 0. The van der Waals surface area contributed by atoms with Gasteiger partial charge in [0.2, 0.25) is 0 Å². The van der Waals surface area contributed by atoms with E-state index < -0.39 is 0 Å². The van der Waals surface area contributed by atoms with Crippen molar-refractivity contribution in [3.05, 3.63) is 24.3 Å². The van der Waals surface area contributed by atoms with Crippen LogP contribution in [0.25, 0.3) is 0 Å². The quantitative estimate of drug-likeness (QED) is 0.807. The van der Waals surface area contributed by atoms with Gasteiger partial charge >= 0.3 is 0 Å². The zero-order chi connectivity index (χ0) is 14.4. The summed E-state index contributed by atoms with van der Waals surface area (Å²) in [7, 11) is 1.67. The lowest BCUT2D eigenvalue weighted by Gasteiger charge is -2.34. The summed E-state index contributed by atoms with van der Waals surface area (Å²) in [6.45, 7) is 6.36. The van der Waals surface area contributed by atoms with E-state index in [-0.39, 0.29) is 0 Å². The molecule has 112 valence electrons. The van der Waals surface area contributed by atoms with Gasteiger partial charge in [0.1, 0.15) is 18.1 Å². The van der Waals surface area contributed by atoms with Crippen molar-refractivity contribution in [2.45, 2.75) is 39.2 Å². The molecule has 0 bridgehead atoms. The molecule has 0 unspecified atom stereocenters. The molecular formula is C17H27NO2. The van der Waals surface area contributed by atoms with Gasteiger partial charge in [-0.05, 0) is 42.5 Å². The number of hydrogen-bond acceptors (Lipinski definition) is 3. The van der Waals surface area contributed by atoms with Crippen LogP contribution < -0.4 is 14.8 Å². The van der Waals surface area contributed by atoms with Crippen LogP contribution in [0.15, 0.2) is 24.3 Å². The summed E-state index contributed by atoms with van der Waals surface area (Å²) in [4.78, 5) is 0. The molecule has 0 amide bonds. The van der Waals surface area contributed by atoms with Crippen LogP contribution >= 0.6 is 0 Å². The van der Waals surface area contributed by atoms with Gasteiger partial charge in [0, 0.05) is 12.6 Å². The van der Waals surface area contributed by atoms with Gasteiger partial charge in [-0.2, -0.15) is 0 Å². The number of rotatable bonds is 6. The minimum Gasteiger partial charge on any atom is -0.497 e. The Labute approximate surface area is 122 Å². The molecule has 0 radical (unpaired) electrons. The van der Waals surface area contributed by atoms with Crippen molar-refractivity contribution >= 4 is 0 Å². The maximum Gasteiger partial charge on any atom is 0.119 e. The van der Waals surface area contributed by atoms with Crippen LogP contribution in [0.5, 0.6) is 11.5 Å². The second-order valence-electron chi connectivity index (χ2n) is 5.85. The van der Waals surface area contributed by atoms with Gasteiger partial charge in [0.25, 0.3) is 0 Å². The summed E-state index contributed by atoms with van der Waals surface area (Å²) in [6, 6.07) is 8.40. The fourth-order valence-corrected chi connectivity index (χ4v) is 2.96. The van der Waals surface area contributed by atoms with E-state index in [2.05, 4.69) is 19.2 Å². The van der Waals surface area contributed by atoms with Crippen LogP contribution in [-0.4, -0.2) is 26.3 Å². The minimum absolute atomic E-state index is 0.651. The maximum atomic E-state index is 5.74. The van der Waals surface area contributed by atoms with Gasteiger partial charge in [-0.1, -0.05) is 26.7 Å². The molecule has 0 aromatic heterocycles. The predicted octanol–water partition coefficient (Wildman–Crippen LogP) is 3.49. The standard InChI is InChI=1S/C17H27NO2/c1-13-5-4-6-17(14(13)2)18-11-12-20-16-9-7-15(19-3)8-10-16/h7-10,13-14,17-18H,4-6,11-12H2,1-3H3/t13-,14-,17+/m1/s1. The van der Waals surface area contributed by atoms with E-state index in [1.165, 1.54) is 19.3 Å². The first kappa shape index (κ1) is 15.2. The van der Waals surface area contributed by atoms with Crippen molar-refractivity contribution in [1.82, 2.24) is 5.32 Å².